The van der Waals surface area contributed by atoms with Crippen LogP contribution in [0.5, 0.6) is 0 Å². The van der Waals surface area contributed by atoms with Gasteiger partial charge in [-0.15, -0.1) is 0 Å². The van der Waals surface area contributed by atoms with Crippen LogP contribution in [-0.2, 0) is 4.79 Å². The first-order valence-corrected chi connectivity index (χ1v) is 8.82. The quantitative estimate of drug-likeness (QED) is 0.359. The summed E-state index contributed by atoms with van der Waals surface area (Å²) >= 11 is 5.97. The zero-order chi connectivity index (χ0) is 19.0. The van der Waals surface area contributed by atoms with Gasteiger partial charge >= 0.3 is 0 Å². The fourth-order valence-corrected chi connectivity index (χ4v) is 3.62. The number of benzene rings is 3. The molecule has 0 bridgehead atoms. The molecule has 0 saturated carbocycles. The molecule has 2 atom stereocenters. The van der Waals surface area contributed by atoms with Gasteiger partial charge in [-0.05, 0) is 35.4 Å². The predicted octanol–water partition coefficient (Wildman–Crippen LogP) is 5.12. The van der Waals surface area contributed by atoms with E-state index in [9.17, 15) is 14.9 Å². The van der Waals surface area contributed by atoms with Crippen molar-refractivity contribution in [1.29, 1.82) is 0 Å². The van der Waals surface area contributed by atoms with Gasteiger partial charge in [-0.3, -0.25) is 14.9 Å². The molecule has 0 aliphatic carbocycles. The van der Waals surface area contributed by atoms with Gasteiger partial charge in [0, 0.05) is 22.8 Å². The number of non-ortho nitro benzene ring substituents is 1. The van der Waals surface area contributed by atoms with Crippen molar-refractivity contribution in [1.82, 2.24) is 0 Å². The number of rotatable bonds is 4. The lowest BCUT2D eigenvalue weighted by Crippen LogP contribution is -2.53. The third-order valence-electron chi connectivity index (χ3n) is 4.81. The highest BCUT2D eigenvalue weighted by atomic mass is 35.5. The monoisotopic (exact) mass is 378 g/mol. The Kier molecular flexibility index (Phi) is 4.38. The van der Waals surface area contributed by atoms with Crippen LogP contribution < -0.4 is 4.90 Å². The minimum absolute atomic E-state index is 0.00752. The molecule has 3 aromatic carbocycles. The topological polar surface area (TPSA) is 63.4 Å². The number of hydrogen-bond acceptors (Lipinski definition) is 3. The molecule has 4 rings (SSSR count). The molecule has 1 amide bonds. The van der Waals surface area contributed by atoms with Gasteiger partial charge < -0.3 is 4.90 Å². The average molecular weight is 379 g/mol. The number of β-lactam (4-membered cyclic amide) rings is 1. The highest BCUT2D eigenvalue weighted by molar-refractivity contribution is 6.30. The fraction of sp³-hybridized carbons (Fsp3) is 0.0952. The van der Waals surface area contributed by atoms with Gasteiger partial charge in [0.15, 0.2) is 0 Å². The van der Waals surface area contributed by atoms with Crippen molar-refractivity contribution >= 4 is 28.9 Å². The van der Waals surface area contributed by atoms with Crippen LogP contribution in [0.2, 0.25) is 5.02 Å². The van der Waals surface area contributed by atoms with E-state index in [1.54, 1.807) is 41.3 Å². The maximum atomic E-state index is 13.0. The summed E-state index contributed by atoms with van der Waals surface area (Å²) in [7, 11) is 0. The molecule has 1 aliphatic rings. The van der Waals surface area contributed by atoms with Gasteiger partial charge in [0.2, 0.25) is 5.91 Å². The van der Waals surface area contributed by atoms with Crippen molar-refractivity contribution in [2.45, 2.75) is 12.0 Å². The molecule has 5 nitrogen and oxygen atoms in total. The number of carbonyl (C=O) groups is 1. The predicted molar refractivity (Wildman–Crippen MR) is 104 cm³/mol. The number of nitrogens with zero attached hydrogens (tertiary/aromatic N) is 2. The van der Waals surface area contributed by atoms with Crippen LogP contribution in [0.25, 0.3) is 0 Å². The molecule has 0 radical (unpaired) electrons. The minimum Gasteiger partial charge on any atom is -0.303 e. The van der Waals surface area contributed by atoms with Crippen molar-refractivity contribution in [3.8, 4) is 0 Å². The van der Waals surface area contributed by atoms with Gasteiger partial charge in [-0.1, -0.05) is 54.1 Å². The summed E-state index contributed by atoms with van der Waals surface area (Å²) in [6.45, 7) is 0. The Morgan fingerprint density at radius 1 is 0.852 bits per heavy atom. The first-order chi connectivity index (χ1) is 13.1. The van der Waals surface area contributed by atoms with E-state index < -0.39 is 4.92 Å². The van der Waals surface area contributed by atoms with Gasteiger partial charge in [-0.2, -0.15) is 0 Å². The molecular weight excluding hydrogens is 364 g/mol. The van der Waals surface area contributed by atoms with Crippen LogP contribution in [0.4, 0.5) is 11.4 Å². The Hall–Kier alpha value is -3.18. The molecule has 0 N–H and O–H groups in total. The molecular formula is C21H15ClN2O3. The summed E-state index contributed by atoms with van der Waals surface area (Å²) in [5, 5.41) is 11.5. The first kappa shape index (κ1) is 17.2. The third-order valence-corrected chi connectivity index (χ3v) is 5.06. The second-order valence-electron chi connectivity index (χ2n) is 6.37. The van der Waals surface area contributed by atoms with Crippen molar-refractivity contribution in [3.05, 3.63) is 105 Å². The Balaban J connectivity index is 1.76. The van der Waals surface area contributed by atoms with Crippen molar-refractivity contribution < 1.29 is 9.72 Å². The fourth-order valence-electron chi connectivity index (χ4n) is 3.50. The molecule has 1 fully saturated rings. The molecule has 1 heterocycles. The maximum Gasteiger partial charge on any atom is 0.269 e. The van der Waals surface area contributed by atoms with E-state index in [1.807, 2.05) is 30.3 Å². The number of amides is 1. The highest BCUT2D eigenvalue weighted by Gasteiger charge is 2.49. The Morgan fingerprint density at radius 3 is 2.07 bits per heavy atom. The van der Waals surface area contributed by atoms with Crippen LogP contribution >= 0.6 is 11.6 Å². The number of anilines is 1. The van der Waals surface area contributed by atoms with E-state index >= 15 is 0 Å². The van der Waals surface area contributed by atoms with Crippen LogP contribution in [0, 0.1) is 10.1 Å². The number of nitro groups is 1. The summed E-state index contributed by atoms with van der Waals surface area (Å²) in [5.41, 5.74) is 2.55. The zero-order valence-electron chi connectivity index (χ0n) is 14.2. The van der Waals surface area contributed by atoms with E-state index in [0.29, 0.717) is 5.02 Å². The summed E-state index contributed by atoms with van der Waals surface area (Å²) < 4.78 is 0. The van der Waals surface area contributed by atoms with Crippen molar-refractivity contribution in [2.75, 3.05) is 4.90 Å². The summed E-state index contributed by atoms with van der Waals surface area (Å²) in [4.78, 5) is 25.2. The van der Waals surface area contributed by atoms with Crippen molar-refractivity contribution in [2.24, 2.45) is 0 Å². The lowest BCUT2D eigenvalue weighted by Gasteiger charge is -2.47. The SMILES string of the molecule is O=C1C(c2ccccc2)C(c2ccc([N+](=O)[O-])cc2)N1c1ccc(Cl)cc1. The second kappa shape index (κ2) is 6.85. The maximum absolute atomic E-state index is 13.0. The standard InChI is InChI=1S/C21H15ClN2O3/c22-16-8-12-17(13-9-16)23-20(15-6-10-18(11-7-15)24(26)27)19(21(23)25)14-4-2-1-3-5-14/h1-13,19-20H. The number of hydrogen-bond donors (Lipinski definition) is 0. The molecule has 27 heavy (non-hydrogen) atoms. The third kappa shape index (κ3) is 3.06. The molecule has 0 aromatic heterocycles. The highest BCUT2D eigenvalue weighted by Crippen LogP contribution is 2.49. The lowest BCUT2D eigenvalue weighted by molar-refractivity contribution is -0.384. The average Bonchev–Trinajstić information content (AvgIpc) is 2.68. The summed E-state index contributed by atoms with van der Waals surface area (Å²) in [6.07, 6.45) is 0. The van der Waals surface area contributed by atoms with E-state index in [2.05, 4.69) is 0 Å². The van der Waals surface area contributed by atoms with Crippen LogP contribution in [-0.4, -0.2) is 10.8 Å². The lowest BCUT2D eigenvalue weighted by atomic mass is 9.77. The van der Waals surface area contributed by atoms with Crippen LogP contribution in [0.1, 0.15) is 23.1 Å². The van der Waals surface area contributed by atoms with E-state index in [1.165, 1.54) is 12.1 Å². The number of nitro benzene ring substituents is 1. The smallest absolute Gasteiger partial charge is 0.269 e. The largest absolute Gasteiger partial charge is 0.303 e. The molecule has 3 aromatic rings. The zero-order valence-corrected chi connectivity index (χ0v) is 14.9. The Morgan fingerprint density at radius 2 is 1.48 bits per heavy atom. The Labute approximate surface area is 161 Å². The normalized spacial score (nSPS) is 18.9. The van der Waals surface area contributed by atoms with Gasteiger partial charge in [0.1, 0.15) is 0 Å². The van der Waals surface area contributed by atoms with E-state index in [-0.39, 0.29) is 23.6 Å². The van der Waals surface area contributed by atoms with Gasteiger partial charge in [0.05, 0.1) is 16.9 Å². The molecule has 6 heteroatoms. The minimum atomic E-state index is -0.429. The molecule has 2 unspecified atom stereocenters. The first-order valence-electron chi connectivity index (χ1n) is 8.44. The number of halogens is 1. The second-order valence-corrected chi connectivity index (χ2v) is 6.80. The van der Waals surface area contributed by atoms with Crippen LogP contribution in [0.3, 0.4) is 0 Å². The van der Waals surface area contributed by atoms with Gasteiger partial charge in [0.25, 0.3) is 5.69 Å². The van der Waals surface area contributed by atoms with E-state index in [4.69, 9.17) is 11.6 Å². The van der Waals surface area contributed by atoms with Gasteiger partial charge in [-0.25, -0.2) is 0 Å². The van der Waals surface area contributed by atoms with Crippen LogP contribution in [0.15, 0.2) is 78.9 Å². The van der Waals surface area contributed by atoms with E-state index in [0.717, 1.165) is 16.8 Å². The number of carbonyl (C=O) groups excluding carboxylic acids is 1. The summed E-state index contributed by atoms with van der Waals surface area (Å²) in [6, 6.07) is 22.8. The van der Waals surface area contributed by atoms with Crippen molar-refractivity contribution in [3.63, 3.8) is 0 Å². The molecule has 1 saturated heterocycles. The summed E-state index contributed by atoms with van der Waals surface area (Å²) in [5.74, 6) is -0.338. The molecule has 1 aliphatic heterocycles. The molecule has 0 spiro atoms. The Bertz CT molecular complexity index is 988. The molecule has 134 valence electrons.